The predicted octanol–water partition coefficient (Wildman–Crippen LogP) is 14.7. The molecule has 0 saturated heterocycles. The summed E-state index contributed by atoms with van der Waals surface area (Å²) in [5.41, 5.74) is -1.22. The zero-order valence-electron chi connectivity index (χ0n) is 33.5. The summed E-state index contributed by atoms with van der Waals surface area (Å²) in [5.74, 6) is 0.355. The van der Waals surface area contributed by atoms with Gasteiger partial charge >= 0.3 is 18.5 Å². The van der Waals surface area contributed by atoms with Crippen LogP contribution in [0.1, 0.15) is 27.8 Å². The fourth-order valence-electron chi connectivity index (χ4n) is 8.47. The van der Waals surface area contributed by atoms with Gasteiger partial charge in [-0.05, 0) is 86.6 Å². The van der Waals surface area contributed by atoms with E-state index in [2.05, 4.69) is 0 Å². The van der Waals surface area contributed by atoms with Crippen LogP contribution in [0.25, 0.3) is 89.2 Å². The van der Waals surface area contributed by atoms with Crippen molar-refractivity contribution >= 4 is 43.6 Å². The molecule has 0 unspecified atom stereocenters. The maximum absolute atomic E-state index is 16.4. The maximum atomic E-state index is 16.4. The van der Waals surface area contributed by atoms with Gasteiger partial charge in [-0.25, -0.2) is 15.0 Å². The van der Waals surface area contributed by atoms with Crippen LogP contribution in [0.5, 0.6) is 0 Å². The standard InChI is InChI=1S/C50H30F9N5/c1-27-13-17-38-34(21-27)35-22-28(2)14-18-39(35)63(38)42-23-31(47-61-45(29-9-5-3-6-10-29)60-46(62-47)30-11-7-4-8-12-30)24-43(44(42)50(57,58)59)64-40-19-15-32(48(51,52)53)25-36(40)37-26-33(49(54,55)56)16-20-41(37)64/h3-26H,1-2H3. The number of nitrogens with zero attached hydrogens (tertiary/aromatic N) is 5. The molecule has 318 valence electrons. The molecular formula is C50H30F9N5. The highest BCUT2D eigenvalue weighted by Crippen LogP contribution is 2.47. The lowest BCUT2D eigenvalue weighted by atomic mass is 10.0. The molecule has 3 aromatic heterocycles. The molecule has 0 radical (unpaired) electrons. The lowest BCUT2D eigenvalue weighted by Crippen LogP contribution is -2.16. The van der Waals surface area contributed by atoms with E-state index in [0.29, 0.717) is 57.2 Å². The highest BCUT2D eigenvalue weighted by atomic mass is 19.4. The number of aromatic nitrogens is 5. The Balaban J connectivity index is 1.40. The summed E-state index contributed by atoms with van der Waals surface area (Å²) in [6.45, 7) is 3.73. The van der Waals surface area contributed by atoms with Crippen LogP contribution in [0, 0.1) is 13.8 Å². The van der Waals surface area contributed by atoms with Gasteiger partial charge < -0.3 is 9.13 Å². The van der Waals surface area contributed by atoms with Crippen molar-refractivity contribution in [3.05, 3.63) is 173 Å². The summed E-state index contributed by atoms with van der Waals surface area (Å²) in [6, 6.07) is 35.7. The summed E-state index contributed by atoms with van der Waals surface area (Å²) in [6.07, 6.45) is -15.0. The largest absolute Gasteiger partial charge is 0.420 e. The second-order valence-corrected chi connectivity index (χ2v) is 15.6. The van der Waals surface area contributed by atoms with E-state index < -0.39 is 40.9 Å². The first-order valence-electron chi connectivity index (χ1n) is 19.8. The molecule has 3 heterocycles. The minimum atomic E-state index is -5.17. The minimum Gasteiger partial charge on any atom is -0.309 e. The van der Waals surface area contributed by atoms with Crippen molar-refractivity contribution in [3.8, 4) is 45.5 Å². The van der Waals surface area contributed by atoms with E-state index in [-0.39, 0.29) is 50.5 Å². The van der Waals surface area contributed by atoms with Crippen LogP contribution >= 0.6 is 0 Å². The van der Waals surface area contributed by atoms with Crippen molar-refractivity contribution in [2.24, 2.45) is 0 Å². The van der Waals surface area contributed by atoms with Crippen LogP contribution in [0.15, 0.2) is 146 Å². The Hall–Kier alpha value is -7.48. The fourth-order valence-corrected chi connectivity index (χ4v) is 8.47. The summed E-state index contributed by atoms with van der Waals surface area (Å²) in [5, 5.41) is 0.647. The molecule has 0 atom stereocenters. The normalized spacial score (nSPS) is 12.6. The Morgan fingerprint density at radius 3 is 1.06 bits per heavy atom. The Kier molecular flexibility index (Phi) is 9.22. The molecule has 14 heteroatoms. The van der Waals surface area contributed by atoms with Crippen molar-refractivity contribution in [1.29, 1.82) is 0 Å². The first-order chi connectivity index (χ1) is 30.4. The number of benzene rings is 7. The number of hydrogen-bond acceptors (Lipinski definition) is 3. The number of hydrogen-bond donors (Lipinski definition) is 0. The van der Waals surface area contributed by atoms with Crippen LogP contribution in [0.4, 0.5) is 39.5 Å². The third kappa shape index (κ3) is 6.89. The van der Waals surface area contributed by atoms with Gasteiger partial charge in [-0.15, -0.1) is 0 Å². The lowest BCUT2D eigenvalue weighted by Gasteiger charge is -2.23. The molecular weight excluding hydrogens is 842 g/mol. The van der Waals surface area contributed by atoms with E-state index in [4.69, 9.17) is 15.0 Å². The van der Waals surface area contributed by atoms with E-state index >= 15 is 13.2 Å². The SMILES string of the molecule is Cc1ccc2c(c1)c1cc(C)ccc1n2-c1cc(-c2nc(-c3ccccc3)nc(-c3ccccc3)n2)cc(-n2c3ccc(C(F)(F)F)cc3c3cc(C(F)(F)F)ccc32)c1C(F)(F)F. The average molecular weight is 872 g/mol. The Labute approximate surface area is 357 Å². The number of halogens is 9. The summed E-state index contributed by atoms with van der Waals surface area (Å²) >= 11 is 0. The van der Waals surface area contributed by atoms with Gasteiger partial charge in [-0.2, -0.15) is 39.5 Å². The molecule has 0 spiro atoms. The molecule has 0 aliphatic rings. The van der Waals surface area contributed by atoms with Gasteiger partial charge in [0, 0.05) is 38.2 Å². The topological polar surface area (TPSA) is 48.5 Å². The predicted molar refractivity (Wildman–Crippen MR) is 229 cm³/mol. The molecule has 0 bridgehead atoms. The number of fused-ring (bicyclic) bond motifs is 6. The fraction of sp³-hybridized carbons (Fsp3) is 0.100. The van der Waals surface area contributed by atoms with Crippen molar-refractivity contribution in [1.82, 2.24) is 24.1 Å². The van der Waals surface area contributed by atoms with Crippen LogP contribution < -0.4 is 0 Å². The molecule has 10 rings (SSSR count). The molecule has 0 N–H and O–H groups in total. The van der Waals surface area contributed by atoms with Gasteiger partial charge in [-0.3, -0.25) is 0 Å². The molecule has 5 nitrogen and oxygen atoms in total. The maximum Gasteiger partial charge on any atom is 0.420 e. The van der Waals surface area contributed by atoms with Crippen molar-refractivity contribution in [3.63, 3.8) is 0 Å². The van der Waals surface area contributed by atoms with Gasteiger partial charge in [0.1, 0.15) is 5.56 Å². The molecule has 10 aromatic rings. The van der Waals surface area contributed by atoms with Gasteiger partial charge in [0.2, 0.25) is 0 Å². The molecule has 0 aliphatic carbocycles. The Morgan fingerprint density at radius 1 is 0.359 bits per heavy atom. The highest BCUT2D eigenvalue weighted by molar-refractivity contribution is 6.11. The zero-order valence-corrected chi connectivity index (χ0v) is 33.5. The third-order valence-electron chi connectivity index (χ3n) is 11.3. The number of aryl methyl sites for hydroxylation is 2. The second kappa shape index (κ2) is 14.5. The molecule has 0 amide bonds. The quantitative estimate of drug-likeness (QED) is 0.162. The van der Waals surface area contributed by atoms with Gasteiger partial charge in [0.25, 0.3) is 0 Å². The number of rotatable bonds is 5. The first-order valence-corrected chi connectivity index (χ1v) is 19.8. The third-order valence-corrected chi connectivity index (χ3v) is 11.3. The zero-order chi connectivity index (χ0) is 44.9. The van der Waals surface area contributed by atoms with Crippen LogP contribution in [-0.2, 0) is 18.5 Å². The van der Waals surface area contributed by atoms with Gasteiger partial charge in [-0.1, -0.05) is 83.9 Å². The van der Waals surface area contributed by atoms with E-state index in [1.165, 1.54) is 16.7 Å². The van der Waals surface area contributed by atoms with Gasteiger partial charge in [0.05, 0.1) is 44.6 Å². The molecule has 0 aliphatic heterocycles. The summed E-state index contributed by atoms with van der Waals surface area (Å²) in [7, 11) is 0. The molecule has 0 fully saturated rings. The number of alkyl halides is 9. The minimum absolute atomic E-state index is 0.0455. The van der Waals surface area contributed by atoms with Crippen molar-refractivity contribution < 1.29 is 39.5 Å². The van der Waals surface area contributed by atoms with E-state index in [9.17, 15) is 26.3 Å². The lowest BCUT2D eigenvalue weighted by molar-refractivity contribution is -0.138. The molecule has 0 saturated carbocycles. The average Bonchev–Trinajstić information content (AvgIpc) is 3.76. The van der Waals surface area contributed by atoms with Crippen LogP contribution in [-0.4, -0.2) is 24.1 Å². The van der Waals surface area contributed by atoms with Crippen molar-refractivity contribution in [2.75, 3.05) is 0 Å². The molecule has 7 aromatic carbocycles. The van der Waals surface area contributed by atoms with Crippen LogP contribution in [0.3, 0.4) is 0 Å². The van der Waals surface area contributed by atoms with E-state index in [0.717, 1.165) is 27.8 Å². The monoisotopic (exact) mass is 871 g/mol. The molecule has 64 heavy (non-hydrogen) atoms. The van der Waals surface area contributed by atoms with Crippen LogP contribution in [0.2, 0.25) is 0 Å². The van der Waals surface area contributed by atoms with Gasteiger partial charge in [0.15, 0.2) is 17.5 Å². The Bertz CT molecular complexity index is 3290. The highest BCUT2D eigenvalue weighted by Gasteiger charge is 2.41. The Morgan fingerprint density at radius 2 is 0.703 bits per heavy atom. The summed E-state index contributed by atoms with van der Waals surface area (Å²) < 4.78 is 137. The first kappa shape index (κ1) is 40.6. The second-order valence-electron chi connectivity index (χ2n) is 15.6. The van der Waals surface area contributed by atoms with E-state index in [1.54, 1.807) is 84.9 Å². The summed E-state index contributed by atoms with van der Waals surface area (Å²) in [4.78, 5) is 14.4. The van der Waals surface area contributed by atoms with E-state index in [1.807, 2.05) is 26.0 Å². The smallest absolute Gasteiger partial charge is 0.309 e. The van der Waals surface area contributed by atoms with Crippen molar-refractivity contribution in [2.45, 2.75) is 32.4 Å².